The largest absolute Gasteiger partial charge is 0.330 e. The van der Waals surface area contributed by atoms with Gasteiger partial charge in [-0.3, -0.25) is 4.57 Å². The average Bonchev–Trinajstić information content (AvgIpc) is 2.66. The van der Waals surface area contributed by atoms with Gasteiger partial charge in [-0.25, -0.2) is 4.39 Å². The minimum Gasteiger partial charge on any atom is -0.330 e. The summed E-state index contributed by atoms with van der Waals surface area (Å²) in [6.45, 7) is 0. The first kappa shape index (κ1) is 13.0. The van der Waals surface area contributed by atoms with Crippen LogP contribution in [0.1, 0.15) is 0 Å². The molecule has 0 spiro atoms. The molecular weight excluding hydrogens is 395 g/mol. The molecule has 1 aromatic heterocycles. The molecule has 96 valence electrons. The van der Waals surface area contributed by atoms with Gasteiger partial charge in [-0.1, -0.05) is 22.0 Å². The number of para-hydroxylation sites is 1. The van der Waals surface area contributed by atoms with Gasteiger partial charge in [0.2, 0.25) is 0 Å². The number of hydrogen-bond donors (Lipinski definition) is 1. The Bertz CT molecular complexity index is 818. The molecule has 6 heteroatoms. The second kappa shape index (κ2) is 4.85. The summed E-state index contributed by atoms with van der Waals surface area (Å²) >= 11 is 12.1. The molecule has 0 atom stereocenters. The first-order chi connectivity index (χ1) is 9.08. The SMILES string of the molecule is Fc1cccc(Br)c1-n1c(=S)[nH]c2ccc(Br)cc21. The van der Waals surface area contributed by atoms with Gasteiger partial charge in [0.05, 0.1) is 16.7 Å². The molecule has 0 radical (unpaired) electrons. The first-order valence-corrected chi connectivity index (χ1v) is 7.42. The number of benzene rings is 2. The molecule has 0 bridgehead atoms. The molecule has 0 fully saturated rings. The molecule has 0 aliphatic rings. The van der Waals surface area contributed by atoms with Gasteiger partial charge >= 0.3 is 0 Å². The van der Waals surface area contributed by atoms with Gasteiger partial charge in [-0.05, 0) is 58.5 Å². The number of aromatic nitrogens is 2. The smallest absolute Gasteiger partial charge is 0.182 e. The van der Waals surface area contributed by atoms with Crippen molar-refractivity contribution >= 4 is 55.1 Å². The summed E-state index contributed by atoms with van der Waals surface area (Å²) in [5, 5.41) is 0. The highest BCUT2D eigenvalue weighted by molar-refractivity contribution is 9.10. The summed E-state index contributed by atoms with van der Waals surface area (Å²) in [4.78, 5) is 3.08. The summed E-state index contributed by atoms with van der Waals surface area (Å²) < 4.78 is 17.8. The molecule has 0 saturated carbocycles. The molecule has 3 rings (SSSR count). The molecule has 0 aliphatic carbocycles. The van der Waals surface area contributed by atoms with Crippen molar-refractivity contribution in [1.82, 2.24) is 9.55 Å². The zero-order valence-corrected chi connectivity index (χ0v) is 13.4. The maximum Gasteiger partial charge on any atom is 0.182 e. The standard InChI is InChI=1S/C13H7Br2FN2S/c14-7-4-5-10-11(6-7)18(13(19)17-10)12-8(15)2-1-3-9(12)16/h1-6H,(H,17,19). The van der Waals surface area contributed by atoms with Crippen molar-refractivity contribution in [2.45, 2.75) is 0 Å². The van der Waals surface area contributed by atoms with Gasteiger partial charge in [0.1, 0.15) is 5.82 Å². The summed E-state index contributed by atoms with van der Waals surface area (Å²) in [5.74, 6) is -0.327. The van der Waals surface area contributed by atoms with E-state index >= 15 is 0 Å². The Kier molecular flexibility index (Phi) is 3.32. The molecule has 3 aromatic rings. The van der Waals surface area contributed by atoms with Gasteiger partial charge in [0.25, 0.3) is 0 Å². The van der Waals surface area contributed by atoms with Crippen LogP contribution < -0.4 is 0 Å². The predicted octanol–water partition coefficient (Wildman–Crippen LogP) is 5.35. The third-order valence-electron chi connectivity index (χ3n) is 2.81. The topological polar surface area (TPSA) is 20.7 Å². The zero-order chi connectivity index (χ0) is 13.6. The van der Waals surface area contributed by atoms with E-state index in [0.717, 1.165) is 15.5 Å². The molecular formula is C13H7Br2FN2S. The minimum atomic E-state index is -0.327. The van der Waals surface area contributed by atoms with Crippen LogP contribution >= 0.6 is 44.1 Å². The Labute approximate surface area is 130 Å². The Morgan fingerprint density at radius 1 is 1.16 bits per heavy atom. The van der Waals surface area contributed by atoms with Crippen LogP contribution in [0.15, 0.2) is 45.3 Å². The van der Waals surface area contributed by atoms with Crippen LogP contribution in [0.3, 0.4) is 0 Å². The minimum absolute atomic E-state index is 0.327. The molecule has 0 saturated heterocycles. The fourth-order valence-corrected chi connectivity index (χ4v) is 3.17. The number of imidazole rings is 1. The van der Waals surface area contributed by atoms with Crippen LogP contribution in [-0.4, -0.2) is 9.55 Å². The van der Waals surface area contributed by atoms with E-state index in [1.54, 1.807) is 16.7 Å². The summed E-state index contributed by atoms with van der Waals surface area (Å²) in [7, 11) is 0. The van der Waals surface area contributed by atoms with Crippen molar-refractivity contribution in [2.75, 3.05) is 0 Å². The van der Waals surface area contributed by atoms with Crippen LogP contribution in [0.2, 0.25) is 0 Å². The Balaban J connectivity index is 2.46. The van der Waals surface area contributed by atoms with E-state index < -0.39 is 0 Å². The molecule has 1 N–H and O–H groups in total. The van der Waals surface area contributed by atoms with Gasteiger partial charge in [-0.15, -0.1) is 0 Å². The number of fused-ring (bicyclic) bond motifs is 1. The summed E-state index contributed by atoms with van der Waals surface area (Å²) in [5.41, 5.74) is 2.10. The number of H-pyrrole nitrogens is 1. The lowest BCUT2D eigenvalue weighted by molar-refractivity contribution is 0.617. The van der Waals surface area contributed by atoms with E-state index in [2.05, 4.69) is 36.8 Å². The van der Waals surface area contributed by atoms with Crippen LogP contribution in [0, 0.1) is 10.6 Å². The van der Waals surface area contributed by atoms with E-state index in [1.807, 2.05) is 18.2 Å². The van der Waals surface area contributed by atoms with E-state index in [0.29, 0.717) is 14.9 Å². The lowest BCUT2D eigenvalue weighted by Crippen LogP contribution is -1.99. The Morgan fingerprint density at radius 3 is 2.68 bits per heavy atom. The maximum absolute atomic E-state index is 14.1. The van der Waals surface area contributed by atoms with Crippen molar-refractivity contribution in [2.24, 2.45) is 0 Å². The molecule has 2 nitrogen and oxygen atoms in total. The van der Waals surface area contributed by atoms with Crippen LogP contribution in [-0.2, 0) is 0 Å². The van der Waals surface area contributed by atoms with Crippen LogP contribution in [0.5, 0.6) is 0 Å². The van der Waals surface area contributed by atoms with Gasteiger partial charge in [-0.2, -0.15) is 0 Å². The number of nitrogens with zero attached hydrogens (tertiary/aromatic N) is 1. The molecule has 1 heterocycles. The van der Waals surface area contributed by atoms with Crippen molar-refractivity contribution in [3.8, 4) is 5.69 Å². The van der Waals surface area contributed by atoms with Gasteiger partial charge in [0.15, 0.2) is 4.77 Å². The lowest BCUT2D eigenvalue weighted by atomic mass is 10.2. The number of aromatic amines is 1. The third-order valence-corrected chi connectivity index (χ3v) is 4.22. The van der Waals surface area contributed by atoms with Crippen molar-refractivity contribution in [3.05, 3.63) is 55.9 Å². The molecule has 0 aliphatic heterocycles. The monoisotopic (exact) mass is 400 g/mol. The quantitative estimate of drug-likeness (QED) is 0.545. The van der Waals surface area contributed by atoms with Crippen LogP contribution in [0.25, 0.3) is 16.7 Å². The summed E-state index contributed by atoms with van der Waals surface area (Å²) in [6.07, 6.45) is 0. The zero-order valence-electron chi connectivity index (χ0n) is 9.45. The second-order valence-electron chi connectivity index (χ2n) is 4.00. The van der Waals surface area contributed by atoms with Gasteiger partial charge in [0, 0.05) is 8.95 Å². The number of hydrogen-bond acceptors (Lipinski definition) is 1. The highest BCUT2D eigenvalue weighted by Gasteiger charge is 2.13. The third kappa shape index (κ3) is 2.17. The van der Waals surface area contributed by atoms with Crippen molar-refractivity contribution in [3.63, 3.8) is 0 Å². The van der Waals surface area contributed by atoms with Crippen LogP contribution in [0.4, 0.5) is 4.39 Å². The molecule has 2 aromatic carbocycles. The number of halogens is 3. The fourth-order valence-electron chi connectivity index (χ4n) is 2.00. The number of nitrogens with one attached hydrogen (secondary N) is 1. The lowest BCUT2D eigenvalue weighted by Gasteiger charge is -2.08. The normalized spacial score (nSPS) is 11.1. The van der Waals surface area contributed by atoms with E-state index in [4.69, 9.17) is 12.2 Å². The Morgan fingerprint density at radius 2 is 1.95 bits per heavy atom. The highest BCUT2D eigenvalue weighted by Crippen LogP contribution is 2.29. The first-order valence-electron chi connectivity index (χ1n) is 5.42. The van der Waals surface area contributed by atoms with E-state index in [9.17, 15) is 4.39 Å². The second-order valence-corrected chi connectivity index (χ2v) is 6.15. The van der Waals surface area contributed by atoms with Crippen molar-refractivity contribution < 1.29 is 4.39 Å². The Hall–Kier alpha value is -0.980. The summed E-state index contributed by atoms with van der Waals surface area (Å²) in [6, 6.07) is 10.6. The average molecular weight is 402 g/mol. The molecule has 19 heavy (non-hydrogen) atoms. The predicted molar refractivity (Wildman–Crippen MR) is 83.8 cm³/mol. The van der Waals surface area contributed by atoms with E-state index in [-0.39, 0.29) is 5.82 Å². The van der Waals surface area contributed by atoms with E-state index in [1.165, 1.54) is 6.07 Å². The maximum atomic E-state index is 14.1. The molecule has 0 unspecified atom stereocenters. The number of rotatable bonds is 1. The highest BCUT2D eigenvalue weighted by atomic mass is 79.9. The fraction of sp³-hybridized carbons (Fsp3) is 0. The van der Waals surface area contributed by atoms with Gasteiger partial charge < -0.3 is 4.98 Å². The van der Waals surface area contributed by atoms with Crippen molar-refractivity contribution in [1.29, 1.82) is 0 Å². The molecule has 0 amide bonds.